The van der Waals surface area contributed by atoms with Crippen molar-refractivity contribution in [2.24, 2.45) is 5.73 Å². The van der Waals surface area contributed by atoms with Crippen molar-refractivity contribution in [3.05, 3.63) is 29.8 Å². The lowest BCUT2D eigenvalue weighted by Gasteiger charge is -2.49. The molecule has 1 saturated heterocycles. The van der Waals surface area contributed by atoms with Crippen molar-refractivity contribution in [2.45, 2.75) is 32.4 Å². The average molecular weight is 247 g/mol. The van der Waals surface area contributed by atoms with Gasteiger partial charge in [0.25, 0.3) is 0 Å². The summed E-state index contributed by atoms with van der Waals surface area (Å²) in [5, 5.41) is 2.93. The Morgan fingerprint density at radius 3 is 2.72 bits per heavy atom. The quantitative estimate of drug-likeness (QED) is 0.821. The maximum atomic E-state index is 12.0. The number of hydrogen-bond donors (Lipinski definition) is 2. The number of nitrogens with one attached hydrogen (secondary N) is 1. The van der Waals surface area contributed by atoms with E-state index in [0.717, 1.165) is 5.69 Å². The van der Waals surface area contributed by atoms with Crippen molar-refractivity contribution in [1.82, 2.24) is 5.32 Å². The highest BCUT2D eigenvalue weighted by atomic mass is 16.2. The molecule has 3 N–H and O–H groups in total. The molecular weight excluding hydrogens is 226 g/mol. The molecule has 1 fully saturated rings. The third kappa shape index (κ3) is 2.08. The van der Waals surface area contributed by atoms with Crippen molar-refractivity contribution in [3.63, 3.8) is 0 Å². The number of aryl methyl sites for hydroxylation is 1. The van der Waals surface area contributed by atoms with Gasteiger partial charge in [-0.2, -0.15) is 0 Å². The molecule has 98 valence electrons. The number of amides is 1. The summed E-state index contributed by atoms with van der Waals surface area (Å²) in [6.07, 6.45) is 0. The van der Waals surface area contributed by atoms with Crippen molar-refractivity contribution in [1.29, 1.82) is 0 Å². The van der Waals surface area contributed by atoms with Crippen LogP contribution in [0.3, 0.4) is 0 Å². The maximum absolute atomic E-state index is 12.0. The minimum atomic E-state index is -0.296. The standard InChI is InChI=1S/C14H21N3O/c1-10-6-4-5-7-11(10)17-12(8-15)13(18)16-9-14(17,2)3/h4-7,12H,8-9,15H2,1-3H3,(H,16,18). The van der Waals surface area contributed by atoms with E-state index in [0.29, 0.717) is 13.1 Å². The maximum Gasteiger partial charge on any atom is 0.244 e. The number of nitrogens with two attached hydrogens (primary N) is 1. The van der Waals surface area contributed by atoms with Crippen LogP contribution >= 0.6 is 0 Å². The van der Waals surface area contributed by atoms with Crippen LogP contribution in [0, 0.1) is 6.92 Å². The Hall–Kier alpha value is -1.55. The van der Waals surface area contributed by atoms with Crippen molar-refractivity contribution >= 4 is 11.6 Å². The number of para-hydroxylation sites is 1. The zero-order chi connectivity index (χ0) is 13.3. The van der Waals surface area contributed by atoms with Crippen LogP contribution in [0.25, 0.3) is 0 Å². The van der Waals surface area contributed by atoms with Gasteiger partial charge in [0.1, 0.15) is 6.04 Å². The first-order chi connectivity index (χ1) is 8.47. The van der Waals surface area contributed by atoms with E-state index >= 15 is 0 Å². The molecule has 1 unspecified atom stereocenters. The Balaban J connectivity index is 2.48. The van der Waals surface area contributed by atoms with Gasteiger partial charge in [-0.15, -0.1) is 0 Å². The third-order valence-electron chi connectivity index (χ3n) is 3.56. The zero-order valence-corrected chi connectivity index (χ0v) is 11.2. The molecule has 0 aromatic heterocycles. The second-order valence-electron chi connectivity index (χ2n) is 5.44. The molecule has 1 aromatic rings. The van der Waals surface area contributed by atoms with Gasteiger partial charge >= 0.3 is 0 Å². The van der Waals surface area contributed by atoms with Gasteiger partial charge in [-0.05, 0) is 32.4 Å². The first-order valence-electron chi connectivity index (χ1n) is 6.30. The zero-order valence-electron chi connectivity index (χ0n) is 11.2. The minimum Gasteiger partial charge on any atom is -0.352 e. The Morgan fingerprint density at radius 1 is 1.44 bits per heavy atom. The predicted molar refractivity (Wildman–Crippen MR) is 73.6 cm³/mol. The topological polar surface area (TPSA) is 58.4 Å². The summed E-state index contributed by atoms with van der Waals surface area (Å²) in [6, 6.07) is 7.82. The van der Waals surface area contributed by atoms with Gasteiger partial charge in [-0.1, -0.05) is 18.2 Å². The number of anilines is 1. The molecule has 1 aliphatic heterocycles. The number of benzene rings is 1. The van der Waals surface area contributed by atoms with E-state index in [2.05, 4.69) is 43.1 Å². The fraction of sp³-hybridized carbons (Fsp3) is 0.500. The van der Waals surface area contributed by atoms with Crippen LogP contribution in [0.2, 0.25) is 0 Å². The number of carbonyl (C=O) groups is 1. The van der Waals surface area contributed by atoms with Crippen LogP contribution in [0.15, 0.2) is 24.3 Å². The van der Waals surface area contributed by atoms with Crippen LogP contribution in [-0.4, -0.2) is 30.6 Å². The molecule has 1 amide bonds. The summed E-state index contributed by atoms with van der Waals surface area (Å²) < 4.78 is 0. The van der Waals surface area contributed by atoms with E-state index in [1.807, 2.05) is 12.1 Å². The summed E-state index contributed by atoms with van der Waals surface area (Å²) in [6.45, 7) is 7.27. The number of hydrogen-bond acceptors (Lipinski definition) is 3. The van der Waals surface area contributed by atoms with E-state index in [1.165, 1.54) is 5.56 Å². The molecule has 18 heavy (non-hydrogen) atoms. The highest BCUT2D eigenvalue weighted by molar-refractivity contribution is 5.88. The second kappa shape index (κ2) is 4.61. The summed E-state index contributed by atoms with van der Waals surface area (Å²) in [4.78, 5) is 14.1. The molecule has 2 rings (SSSR count). The van der Waals surface area contributed by atoms with Crippen LogP contribution in [0.1, 0.15) is 19.4 Å². The van der Waals surface area contributed by atoms with E-state index in [-0.39, 0.29) is 17.5 Å². The Labute approximate surface area is 108 Å². The van der Waals surface area contributed by atoms with Gasteiger partial charge in [0.15, 0.2) is 0 Å². The van der Waals surface area contributed by atoms with E-state index in [9.17, 15) is 4.79 Å². The molecule has 0 radical (unpaired) electrons. The van der Waals surface area contributed by atoms with Crippen molar-refractivity contribution < 1.29 is 4.79 Å². The molecule has 1 aliphatic rings. The molecule has 0 aliphatic carbocycles. The Morgan fingerprint density at radius 2 is 2.11 bits per heavy atom. The molecular formula is C14H21N3O. The monoisotopic (exact) mass is 247 g/mol. The molecule has 0 spiro atoms. The summed E-state index contributed by atoms with van der Waals surface area (Å²) in [5.41, 5.74) is 7.91. The Bertz CT molecular complexity index is 456. The lowest BCUT2D eigenvalue weighted by atomic mass is 9.93. The normalized spacial score (nSPS) is 22.8. The molecule has 1 atom stereocenters. The SMILES string of the molecule is Cc1ccccc1N1C(CN)C(=O)NCC1(C)C. The second-order valence-corrected chi connectivity index (χ2v) is 5.44. The van der Waals surface area contributed by atoms with Crippen molar-refractivity contribution in [2.75, 3.05) is 18.0 Å². The predicted octanol–water partition coefficient (Wildman–Crippen LogP) is 1.04. The summed E-state index contributed by atoms with van der Waals surface area (Å²) in [7, 11) is 0. The molecule has 4 nitrogen and oxygen atoms in total. The van der Waals surface area contributed by atoms with Gasteiger partial charge in [0.2, 0.25) is 5.91 Å². The summed E-state index contributed by atoms with van der Waals surface area (Å²) >= 11 is 0. The molecule has 1 heterocycles. The lowest BCUT2D eigenvalue weighted by Crippen LogP contribution is -2.68. The Kier molecular flexibility index (Phi) is 3.30. The van der Waals surface area contributed by atoms with Gasteiger partial charge in [-0.3, -0.25) is 4.79 Å². The number of rotatable bonds is 2. The third-order valence-corrected chi connectivity index (χ3v) is 3.56. The van der Waals surface area contributed by atoms with Gasteiger partial charge < -0.3 is 16.0 Å². The fourth-order valence-electron chi connectivity index (χ4n) is 2.59. The van der Waals surface area contributed by atoms with Gasteiger partial charge in [0.05, 0.1) is 5.54 Å². The molecule has 1 aromatic carbocycles. The van der Waals surface area contributed by atoms with E-state index in [4.69, 9.17) is 5.73 Å². The first kappa shape index (κ1) is 12.9. The largest absolute Gasteiger partial charge is 0.352 e. The lowest BCUT2D eigenvalue weighted by molar-refractivity contribution is -0.124. The molecule has 0 saturated carbocycles. The molecule has 4 heteroatoms. The number of nitrogens with zero attached hydrogens (tertiary/aromatic N) is 1. The number of piperazine rings is 1. The first-order valence-corrected chi connectivity index (χ1v) is 6.30. The van der Waals surface area contributed by atoms with Gasteiger partial charge in [0, 0.05) is 18.8 Å². The van der Waals surface area contributed by atoms with Crippen LogP contribution in [0.4, 0.5) is 5.69 Å². The fourth-order valence-corrected chi connectivity index (χ4v) is 2.59. The van der Waals surface area contributed by atoms with Crippen LogP contribution in [0.5, 0.6) is 0 Å². The van der Waals surface area contributed by atoms with Crippen LogP contribution < -0.4 is 16.0 Å². The minimum absolute atomic E-state index is 0.0140. The van der Waals surface area contributed by atoms with E-state index in [1.54, 1.807) is 0 Å². The highest BCUT2D eigenvalue weighted by Crippen LogP contribution is 2.31. The van der Waals surface area contributed by atoms with Crippen molar-refractivity contribution in [3.8, 4) is 0 Å². The van der Waals surface area contributed by atoms with E-state index < -0.39 is 0 Å². The smallest absolute Gasteiger partial charge is 0.244 e. The molecule has 0 bridgehead atoms. The van der Waals surface area contributed by atoms with Gasteiger partial charge in [-0.25, -0.2) is 0 Å². The number of carbonyl (C=O) groups excluding carboxylic acids is 1. The summed E-state index contributed by atoms with van der Waals surface area (Å²) in [5.74, 6) is 0.0140. The highest BCUT2D eigenvalue weighted by Gasteiger charge is 2.40. The average Bonchev–Trinajstić information content (AvgIpc) is 2.33. The van der Waals surface area contributed by atoms with Crippen LogP contribution in [-0.2, 0) is 4.79 Å².